The van der Waals surface area contributed by atoms with E-state index in [0.717, 1.165) is 11.3 Å². The van der Waals surface area contributed by atoms with Gasteiger partial charge in [0.15, 0.2) is 0 Å². The first kappa shape index (κ1) is 8.17. The molecular weight excluding hydrogens is 164 g/mol. The zero-order valence-corrected chi connectivity index (χ0v) is 7.74. The summed E-state index contributed by atoms with van der Waals surface area (Å²) in [5.41, 5.74) is 0.489. The van der Waals surface area contributed by atoms with Crippen LogP contribution in [0, 0.1) is 0 Å². The highest BCUT2D eigenvalue weighted by atomic mass is 16.5. The Kier molecular flexibility index (Phi) is 1.59. The van der Waals surface area contributed by atoms with Crippen LogP contribution in [0.1, 0.15) is 19.4 Å². The van der Waals surface area contributed by atoms with Gasteiger partial charge in [-0.15, -0.1) is 0 Å². The summed E-state index contributed by atoms with van der Waals surface area (Å²) < 4.78 is 5.65. The molecule has 68 valence electrons. The second-order valence-corrected chi connectivity index (χ2v) is 3.73. The summed E-state index contributed by atoms with van der Waals surface area (Å²) in [4.78, 5) is 0. The number of rotatable bonds is 0. The fraction of sp³-hybridized carbons (Fsp3) is 0.273. The van der Waals surface area contributed by atoms with Gasteiger partial charge < -0.3 is 9.84 Å². The van der Waals surface area contributed by atoms with Gasteiger partial charge in [0, 0.05) is 0 Å². The number of phenols is 1. The SMILES string of the molecule is CC1(C)C=Cc2c(O)cccc2O1. The Morgan fingerprint density at radius 2 is 2.08 bits per heavy atom. The summed E-state index contributed by atoms with van der Waals surface area (Å²) in [5.74, 6) is 1.01. The molecule has 0 radical (unpaired) electrons. The van der Waals surface area contributed by atoms with E-state index in [1.807, 2.05) is 32.1 Å². The van der Waals surface area contributed by atoms with E-state index in [2.05, 4.69) is 0 Å². The average Bonchev–Trinajstić information content (AvgIpc) is 2.02. The highest BCUT2D eigenvalue weighted by Gasteiger charge is 2.22. The van der Waals surface area contributed by atoms with Crippen molar-refractivity contribution in [1.82, 2.24) is 0 Å². The smallest absolute Gasteiger partial charge is 0.131 e. The number of hydrogen-bond donors (Lipinski definition) is 1. The molecule has 0 saturated carbocycles. The van der Waals surface area contributed by atoms with Crippen molar-refractivity contribution in [3.63, 3.8) is 0 Å². The second kappa shape index (κ2) is 2.52. The van der Waals surface area contributed by atoms with Crippen LogP contribution in [0.15, 0.2) is 24.3 Å². The van der Waals surface area contributed by atoms with Crippen LogP contribution in [0.25, 0.3) is 6.08 Å². The van der Waals surface area contributed by atoms with Gasteiger partial charge in [-0.1, -0.05) is 6.07 Å². The molecule has 0 saturated heterocycles. The number of benzene rings is 1. The molecule has 2 heteroatoms. The van der Waals surface area contributed by atoms with Gasteiger partial charge in [-0.2, -0.15) is 0 Å². The first-order chi connectivity index (χ1) is 6.08. The van der Waals surface area contributed by atoms with Gasteiger partial charge >= 0.3 is 0 Å². The monoisotopic (exact) mass is 176 g/mol. The van der Waals surface area contributed by atoms with Crippen molar-refractivity contribution in [2.24, 2.45) is 0 Å². The molecule has 0 aromatic heterocycles. The summed E-state index contributed by atoms with van der Waals surface area (Å²) in [6.07, 6.45) is 3.84. The quantitative estimate of drug-likeness (QED) is 0.658. The van der Waals surface area contributed by atoms with Crippen molar-refractivity contribution in [2.45, 2.75) is 19.4 Å². The third-order valence-electron chi connectivity index (χ3n) is 2.07. The van der Waals surface area contributed by atoms with Crippen molar-refractivity contribution in [1.29, 1.82) is 0 Å². The maximum absolute atomic E-state index is 9.50. The van der Waals surface area contributed by atoms with Gasteiger partial charge in [-0.05, 0) is 38.1 Å². The first-order valence-electron chi connectivity index (χ1n) is 4.29. The van der Waals surface area contributed by atoms with Crippen molar-refractivity contribution in [3.05, 3.63) is 29.8 Å². The number of phenolic OH excluding ortho intramolecular Hbond substituents is 1. The Labute approximate surface area is 77.5 Å². The van der Waals surface area contributed by atoms with Crippen LogP contribution in [0.5, 0.6) is 11.5 Å². The topological polar surface area (TPSA) is 29.5 Å². The fourth-order valence-corrected chi connectivity index (χ4v) is 1.39. The van der Waals surface area contributed by atoms with Crippen LogP contribution in [0.4, 0.5) is 0 Å². The lowest BCUT2D eigenvalue weighted by atomic mass is 10.0. The van der Waals surface area contributed by atoms with Crippen LogP contribution in [0.2, 0.25) is 0 Å². The van der Waals surface area contributed by atoms with Crippen LogP contribution < -0.4 is 4.74 Å². The molecule has 1 aromatic carbocycles. The Balaban J connectivity index is 2.53. The van der Waals surface area contributed by atoms with E-state index in [1.54, 1.807) is 12.1 Å². The average molecular weight is 176 g/mol. The molecule has 0 aliphatic carbocycles. The predicted octanol–water partition coefficient (Wildman–Crippen LogP) is 2.58. The van der Waals surface area contributed by atoms with E-state index >= 15 is 0 Å². The lowest BCUT2D eigenvalue weighted by Gasteiger charge is -2.27. The van der Waals surface area contributed by atoms with Crippen molar-refractivity contribution in [2.75, 3.05) is 0 Å². The number of aromatic hydroxyl groups is 1. The first-order valence-corrected chi connectivity index (χ1v) is 4.29. The van der Waals surface area contributed by atoms with Crippen molar-refractivity contribution in [3.8, 4) is 11.5 Å². The molecule has 1 N–H and O–H groups in total. The molecule has 2 rings (SSSR count). The zero-order valence-electron chi connectivity index (χ0n) is 7.74. The molecule has 13 heavy (non-hydrogen) atoms. The zero-order chi connectivity index (χ0) is 9.47. The van der Waals surface area contributed by atoms with Gasteiger partial charge in [-0.25, -0.2) is 0 Å². The normalized spacial score (nSPS) is 17.7. The van der Waals surface area contributed by atoms with E-state index in [0.29, 0.717) is 0 Å². The largest absolute Gasteiger partial charge is 0.507 e. The van der Waals surface area contributed by atoms with Gasteiger partial charge in [0.05, 0.1) is 5.56 Å². The Hall–Kier alpha value is -1.44. The summed E-state index contributed by atoms with van der Waals surface area (Å²) in [7, 11) is 0. The molecule has 0 spiro atoms. The highest BCUT2D eigenvalue weighted by Crippen LogP contribution is 2.35. The second-order valence-electron chi connectivity index (χ2n) is 3.73. The molecule has 1 aliphatic heterocycles. The number of ether oxygens (including phenoxy) is 1. The Morgan fingerprint density at radius 3 is 2.85 bits per heavy atom. The molecule has 1 aromatic rings. The lowest BCUT2D eigenvalue weighted by molar-refractivity contribution is 0.158. The minimum absolute atomic E-state index is 0.268. The van der Waals surface area contributed by atoms with Gasteiger partial charge in [0.25, 0.3) is 0 Å². The molecule has 0 atom stereocenters. The van der Waals surface area contributed by atoms with Crippen LogP contribution in [-0.2, 0) is 0 Å². The standard InChI is InChI=1S/C11H12O2/c1-11(2)7-6-8-9(12)4-3-5-10(8)13-11/h3-7,12H,1-2H3. The highest BCUT2D eigenvalue weighted by molar-refractivity contribution is 5.66. The molecular formula is C11H12O2. The summed E-state index contributed by atoms with van der Waals surface area (Å²) >= 11 is 0. The minimum atomic E-state index is -0.277. The molecule has 0 amide bonds. The van der Waals surface area contributed by atoms with Crippen LogP contribution in [0.3, 0.4) is 0 Å². The summed E-state index contributed by atoms with van der Waals surface area (Å²) in [6, 6.07) is 5.30. The molecule has 2 nitrogen and oxygen atoms in total. The molecule has 0 fully saturated rings. The van der Waals surface area contributed by atoms with Gasteiger partial charge in [0.1, 0.15) is 17.1 Å². The van der Waals surface area contributed by atoms with E-state index in [-0.39, 0.29) is 11.4 Å². The maximum Gasteiger partial charge on any atom is 0.131 e. The predicted molar refractivity (Wildman–Crippen MR) is 51.8 cm³/mol. The van der Waals surface area contributed by atoms with E-state index in [9.17, 15) is 5.11 Å². The summed E-state index contributed by atoms with van der Waals surface area (Å²) in [6.45, 7) is 3.97. The van der Waals surface area contributed by atoms with E-state index in [1.165, 1.54) is 0 Å². The van der Waals surface area contributed by atoms with Gasteiger partial charge in [0.2, 0.25) is 0 Å². The number of fused-ring (bicyclic) bond motifs is 1. The minimum Gasteiger partial charge on any atom is -0.507 e. The maximum atomic E-state index is 9.50. The fourth-order valence-electron chi connectivity index (χ4n) is 1.39. The van der Waals surface area contributed by atoms with E-state index in [4.69, 9.17) is 4.74 Å². The molecule has 1 aliphatic rings. The lowest BCUT2D eigenvalue weighted by Crippen LogP contribution is -2.27. The molecule has 0 bridgehead atoms. The Bertz CT molecular complexity index is 364. The van der Waals surface area contributed by atoms with Gasteiger partial charge in [-0.3, -0.25) is 0 Å². The third-order valence-corrected chi connectivity index (χ3v) is 2.07. The molecule has 0 unspecified atom stereocenters. The van der Waals surface area contributed by atoms with E-state index < -0.39 is 0 Å². The third kappa shape index (κ3) is 1.39. The Morgan fingerprint density at radius 1 is 1.31 bits per heavy atom. The van der Waals surface area contributed by atoms with Crippen LogP contribution in [-0.4, -0.2) is 10.7 Å². The molecule has 1 heterocycles. The van der Waals surface area contributed by atoms with Crippen LogP contribution >= 0.6 is 0 Å². The van der Waals surface area contributed by atoms with Crippen molar-refractivity contribution >= 4 is 6.08 Å². The summed E-state index contributed by atoms with van der Waals surface area (Å²) in [5, 5.41) is 9.50. The van der Waals surface area contributed by atoms with Crippen molar-refractivity contribution < 1.29 is 9.84 Å². The number of hydrogen-bond acceptors (Lipinski definition) is 2.